The lowest BCUT2D eigenvalue weighted by atomic mass is 10.2. The average molecular weight is 274 g/mol. The Hall–Kier alpha value is -1.34. The third-order valence-corrected chi connectivity index (χ3v) is 3.03. The molecule has 1 heterocycles. The third kappa shape index (κ3) is 5.04. The number of carbonyl (C=O) groups excluding carboxylic acids is 1. The van der Waals surface area contributed by atoms with Gasteiger partial charge in [0.05, 0.1) is 19.3 Å². The van der Waals surface area contributed by atoms with Crippen molar-refractivity contribution in [1.82, 2.24) is 9.80 Å². The number of ether oxygens (including phenoxy) is 2. The van der Waals surface area contributed by atoms with Crippen LogP contribution in [0.5, 0.6) is 0 Å². The van der Waals surface area contributed by atoms with Crippen LogP contribution in [0.1, 0.15) is 13.3 Å². The minimum absolute atomic E-state index is 0.0341. The van der Waals surface area contributed by atoms with Gasteiger partial charge in [-0.15, -0.1) is 0 Å². The summed E-state index contributed by atoms with van der Waals surface area (Å²) in [4.78, 5) is 26.0. The molecule has 19 heavy (non-hydrogen) atoms. The fourth-order valence-corrected chi connectivity index (χ4v) is 1.95. The molecule has 7 nitrogen and oxygen atoms in total. The number of hydrogen-bond acceptors (Lipinski definition) is 4. The Morgan fingerprint density at radius 3 is 2.84 bits per heavy atom. The summed E-state index contributed by atoms with van der Waals surface area (Å²) in [5.41, 5.74) is 0. The zero-order valence-electron chi connectivity index (χ0n) is 11.5. The Balaban J connectivity index is 2.60. The number of aliphatic carboxylic acids is 1. The van der Waals surface area contributed by atoms with Gasteiger partial charge in [0.1, 0.15) is 6.54 Å². The van der Waals surface area contributed by atoms with Crippen molar-refractivity contribution in [3.8, 4) is 0 Å². The first-order chi connectivity index (χ1) is 9.08. The van der Waals surface area contributed by atoms with Crippen molar-refractivity contribution in [2.75, 3.05) is 46.5 Å². The second-order valence-electron chi connectivity index (χ2n) is 4.44. The first-order valence-electron chi connectivity index (χ1n) is 6.44. The fourth-order valence-electron chi connectivity index (χ4n) is 1.95. The van der Waals surface area contributed by atoms with Gasteiger partial charge in [0.2, 0.25) is 0 Å². The topological polar surface area (TPSA) is 79.3 Å². The van der Waals surface area contributed by atoms with Crippen LogP contribution in [0.4, 0.5) is 4.79 Å². The SMILES string of the molecule is CCC1CN(C(=O)N(CCOC)CC(=O)O)CCO1. The molecule has 0 aromatic rings. The molecular formula is C12H22N2O5. The quantitative estimate of drug-likeness (QED) is 0.751. The van der Waals surface area contributed by atoms with Gasteiger partial charge >= 0.3 is 12.0 Å². The normalized spacial score (nSPS) is 19.3. The van der Waals surface area contributed by atoms with E-state index in [4.69, 9.17) is 14.6 Å². The van der Waals surface area contributed by atoms with Crippen LogP contribution in [0, 0.1) is 0 Å². The zero-order valence-corrected chi connectivity index (χ0v) is 11.5. The Kier molecular flexibility index (Phi) is 6.58. The van der Waals surface area contributed by atoms with E-state index in [0.29, 0.717) is 26.3 Å². The summed E-state index contributed by atoms with van der Waals surface area (Å²) in [7, 11) is 1.52. The van der Waals surface area contributed by atoms with Gasteiger partial charge in [-0.1, -0.05) is 6.92 Å². The number of rotatable bonds is 6. The lowest BCUT2D eigenvalue weighted by Gasteiger charge is -2.35. The molecule has 1 unspecified atom stereocenters. The van der Waals surface area contributed by atoms with E-state index in [1.165, 1.54) is 12.0 Å². The number of carbonyl (C=O) groups is 2. The summed E-state index contributed by atoms with van der Waals surface area (Å²) in [5, 5.41) is 8.85. The maximum atomic E-state index is 12.3. The van der Waals surface area contributed by atoms with Gasteiger partial charge in [-0.25, -0.2) is 4.79 Å². The Labute approximate surface area is 113 Å². The first kappa shape index (κ1) is 15.7. The van der Waals surface area contributed by atoms with Crippen LogP contribution in [-0.4, -0.2) is 79.5 Å². The van der Waals surface area contributed by atoms with Gasteiger partial charge in [0, 0.05) is 26.7 Å². The van der Waals surface area contributed by atoms with E-state index < -0.39 is 5.97 Å². The van der Waals surface area contributed by atoms with Gasteiger partial charge < -0.3 is 24.4 Å². The number of urea groups is 1. The third-order valence-electron chi connectivity index (χ3n) is 3.03. The maximum absolute atomic E-state index is 12.3. The number of carboxylic acids is 1. The molecule has 110 valence electrons. The molecule has 1 N–H and O–H groups in total. The summed E-state index contributed by atoms with van der Waals surface area (Å²) >= 11 is 0. The van der Waals surface area contributed by atoms with Crippen molar-refractivity contribution in [3.05, 3.63) is 0 Å². The number of nitrogens with zero attached hydrogens (tertiary/aromatic N) is 2. The molecule has 0 saturated carbocycles. The number of carboxylic acid groups (broad SMARTS) is 1. The van der Waals surface area contributed by atoms with Crippen molar-refractivity contribution >= 4 is 12.0 Å². The van der Waals surface area contributed by atoms with Crippen molar-refractivity contribution in [2.45, 2.75) is 19.4 Å². The zero-order chi connectivity index (χ0) is 14.3. The van der Waals surface area contributed by atoms with Crippen molar-refractivity contribution < 1.29 is 24.2 Å². The molecule has 0 aromatic carbocycles. The molecule has 0 aliphatic carbocycles. The Morgan fingerprint density at radius 2 is 2.26 bits per heavy atom. The smallest absolute Gasteiger partial charge is 0.323 e. The van der Waals surface area contributed by atoms with E-state index in [-0.39, 0.29) is 25.2 Å². The highest BCUT2D eigenvalue weighted by atomic mass is 16.5. The monoisotopic (exact) mass is 274 g/mol. The lowest BCUT2D eigenvalue weighted by Crippen LogP contribution is -2.52. The number of methoxy groups -OCH3 is 1. The molecule has 0 bridgehead atoms. The summed E-state index contributed by atoms with van der Waals surface area (Å²) in [6, 6.07) is -0.263. The van der Waals surface area contributed by atoms with Crippen LogP contribution in [0.25, 0.3) is 0 Å². The van der Waals surface area contributed by atoms with E-state index in [1.807, 2.05) is 6.92 Å². The summed E-state index contributed by atoms with van der Waals surface area (Å²) < 4.78 is 10.4. The highest BCUT2D eigenvalue weighted by Gasteiger charge is 2.27. The van der Waals surface area contributed by atoms with E-state index in [0.717, 1.165) is 6.42 Å². The number of hydrogen-bond donors (Lipinski definition) is 1. The maximum Gasteiger partial charge on any atom is 0.323 e. The molecule has 1 fully saturated rings. The minimum atomic E-state index is -1.02. The lowest BCUT2D eigenvalue weighted by molar-refractivity contribution is -0.138. The fraction of sp³-hybridized carbons (Fsp3) is 0.833. The molecule has 1 aliphatic rings. The van der Waals surface area contributed by atoms with E-state index >= 15 is 0 Å². The molecule has 1 atom stereocenters. The average Bonchev–Trinajstić information content (AvgIpc) is 2.42. The first-order valence-corrected chi connectivity index (χ1v) is 6.44. The molecule has 2 amide bonds. The molecule has 1 saturated heterocycles. The van der Waals surface area contributed by atoms with Crippen LogP contribution < -0.4 is 0 Å². The van der Waals surface area contributed by atoms with Gasteiger partial charge in [-0.05, 0) is 6.42 Å². The van der Waals surface area contributed by atoms with Crippen LogP contribution >= 0.6 is 0 Å². The molecule has 1 rings (SSSR count). The summed E-state index contributed by atoms with van der Waals surface area (Å²) in [5.74, 6) is -1.02. The van der Waals surface area contributed by atoms with Gasteiger partial charge in [0.15, 0.2) is 0 Å². The number of morpholine rings is 1. The number of amides is 2. The predicted octanol–water partition coefficient (Wildman–Crippen LogP) is 0.250. The standard InChI is InChI=1S/C12H22N2O5/c1-3-10-8-13(5-7-19-10)12(17)14(4-6-18-2)9-11(15)16/h10H,3-9H2,1-2H3,(H,15,16). The molecule has 0 radical (unpaired) electrons. The van der Waals surface area contributed by atoms with Gasteiger partial charge in [0.25, 0.3) is 0 Å². The van der Waals surface area contributed by atoms with Crippen LogP contribution in [-0.2, 0) is 14.3 Å². The molecule has 1 aliphatic heterocycles. The molecule has 0 spiro atoms. The van der Waals surface area contributed by atoms with Crippen LogP contribution in [0.15, 0.2) is 0 Å². The Morgan fingerprint density at radius 1 is 1.53 bits per heavy atom. The van der Waals surface area contributed by atoms with Crippen molar-refractivity contribution in [3.63, 3.8) is 0 Å². The highest BCUT2D eigenvalue weighted by molar-refractivity contribution is 5.80. The minimum Gasteiger partial charge on any atom is -0.480 e. The predicted molar refractivity (Wildman–Crippen MR) is 68.1 cm³/mol. The van der Waals surface area contributed by atoms with Gasteiger partial charge in [-0.3, -0.25) is 4.79 Å². The van der Waals surface area contributed by atoms with E-state index in [1.54, 1.807) is 4.90 Å². The van der Waals surface area contributed by atoms with E-state index in [2.05, 4.69) is 0 Å². The van der Waals surface area contributed by atoms with E-state index in [9.17, 15) is 9.59 Å². The molecular weight excluding hydrogens is 252 g/mol. The second kappa shape index (κ2) is 7.96. The Bertz CT molecular complexity index is 310. The highest BCUT2D eigenvalue weighted by Crippen LogP contribution is 2.10. The largest absolute Gasteiger partial charge is 0.480 e. The second-order valence-corrected chi connectivity index (χ2v) is 4.44. The van der Waals surface area contributed by atoms with Crippen molar-refractivity contribution in [2.24, 2.45) is 0 Å². The van der Waals surface area contributed by atoms with Gasteiger partial charge in [-0.2, -0.15) is 0 Å². The van der Waals surface area contributed by atoms with Crippen LogP contribution in [0.2, 0.25) is 0 Å². The van der Waals surface area contributed by atoms with Crippen molar-refractivity contribution in [1.29, 1.82) is 0 Å². The summed E-state index contributed by atoms with van der Waals surface area (Å²) in [6.07, 6.45) is 0.868. The van der Waals surface area contributed by atoms with Crippen LogP contribution in [0.3, 0.4) is 0 Å². The molecule has 7 heteroatoms. The molecule has 0 aromatic heterocycles. The summed E-state index contributed by atoms with van der Waals surface area (Å²) in [6.45, 7) is 3.79.